The number of nitrogens with zero attached hydrogens (tertiary/aromatic N) is 1. The second kappa shape index (κ2) is 14.3. The van der Waals surface area contributed by atoms with Crippen LogP contribution in [0.3, 0.4) is 0 Å². The molecule has 5 rings (SSSR count). The molecule has 0 fully saturated rings. The van der Waals surface area contributed by atoms with E-state index in [-0.39, 0.29) is 46.5 Å². The van der Waals surface area contributed by atoms with Gasteiger partial charge in [0.15, 0.2) is 5.75 Å². The number of anilines is 2. The zero-order chi connectivity index (χ0) is 32.8. The van der Waals surface area contributed by atoms with Crippen LogP contribution >= 0.6 is 11.6 Å². The molecule has 236 valence electrons. The maximum Gasteiger partial charge on any atom is 0.254 e. The van der Waals surface area contributed by atoms with Gasteiger partial charge >= 0.3 is 0 Å². The normalized spacial score (nSPS) is 14.3. The van der Waals surface area contributed by atoms with Gasteiger partial charge in [-0.1, -0.05) is 54.1 Å². The van der Waals surface area contributed by atoms with Gasteiger partial charge in [-0.2, -0.15) is 0 Å². The zero-order valence-electron chi connectivity index (χ0n) is 25.2. The van der Waals surface area contributed by atoms with Gasteiger partial charge in [-0.15, -0.1) is 0 Å². The van der Waals surface area contributed by atoms with Crippen molar-refractivity contribution >= 4 is 63.5 Å². The van der Waals surface area contributed by atoms with E-state index in [2.05, 4.69) is 16.0 Å². The Morgan fingerprint density at radius 2 is 1.76 bits per heavy atom. The molecule has 0 bridgehead atoms. The maximum absolute atomic E-state index is 13.5. The highest BCUT2D eigenvalue weighted by molar-refractivity contribution is 6.32. The van der Waals surface area contributed by atoms with E-state index >= 15 is 0 Å². The first kappa shape index (κ1) is 32.2. The number of rotatable bonds is 10. The Morgan fingerprint density at radius 3 is 2.52 bits per heavy atom. The third kappa shape index (κ3) is 7.35. The maximum atomic E-state index is 13.5. The molecule has 11 heteroatoms. The molecule has 4 amide bonds. The molecule has 0 saturated heterocycles. The molecule has 1 aliphatic heterocycles. The van der Waals surface area contributed by atoms with Crippen molar-refractivity contribution in [3.8, 4) is 11.5 Å². The molecule has 0 radical (unpaired) electrons. The van der Waals surface area contributed by atoms with Crippen molar-refractivity contribution in [1.29, 1.82) is 0 Å². The summed E-state index contributed by atoms with van der Waals surface area (Å²) in [6.45, 7) is 4.84. The van der Waals surface area contributed by atoms with Gasteiger partial charge in [0.2, 0.25) is 17.7 Å². The van der Waals surface area contributed by atoms with E-state index in [1.165, 1.54) is 36.4 Å². The van der Waals surface area contributed by atoms with E-state index in [1.807, 2.05) is 50.2 Å². The van der Waals surface area contributed by atoms with Gasteiger partial charge in [-0.3, -0.25) is 19.2 Å². The number of amides is 4. The van der Waals surface area contributed by atoms with Crippen LogP contribution in [0.5, 0.6) is 11.5 Å². The minimum atomic E-state index is -0.955. The van der Waals surface area contributed by atoms with Gasteiger partial charge in [0, 0.05) is 31.0 Å². The average Bonchev–Trinajstić information content (AvgIpc) is 3.15. The van der Waals surface area contributed by atoms with Crippen LogP contribution in [-0.4, -0.2) is 47.7 Å². The van der Waals surface area contributed by atoms with Gasteiger partial charge in [0.25, 0.3) is 5.91 Å². The Morgan fingerprint density at radius 1 is 1.00 bits per heavy atom. The van der Waals surface area contributed by atoms with Gasteiger partial charge in [-0.25, -0.2) is 4.39 Å². The molecular formula is C35H32ClFN4O5. The van der Waals surface area contributed by atoms with Crippen LogP contribution in [0.4, 0.5) is 15.8 Å². The van der Waals surface area contributed by atoms with Crippen LogP contribution in [0.15, 0.2) is 78.9 Å². The first-order chi connectivity index (χ1) is 22.2. The SMILES string of the molecule is CCN(CC)C(=O)CC[C@H]1NC(=O)c2cc(Oc3cccc4ccccc34)c(NC(=O)/C=C\c3ccc(F)cc3Cl)cc2NC1=O. The van der Waals surface area contributed by atoms with Gasteiger partial charge in [-0.05, 0) is 67.6 Å². The van der Waals surface area contributed by atoms with E-state index in [1.54, 1.807) is 11.0 Å². The number of ether oxygens (including phenoxy) is 1. The van der Waals surface area contributed by atoms with Gasteiger partial charge in [0.1, 0.15) is 17.6 Å². The summed E-state index contributed by atoms with van der Waals surface area (Å²) >= 11 is 6.10. The number of hydrogen-bond donors (Lipinski definition) is 3. The van der Waals surface area contributed by atoms with E-state index in [0.29, 0.717) is 24.4 Å². The lowest BCUT2D eigenvalue weighted by molar-refractivity contribution is -0.131. The smallest absolute Gasteiger partial charge is 0.254 e. The molecule has 4 aromatic rings. The van der Waals surface area contributed by atoms with Crippen molar-refractivity contribution in [2.45, 2.75) is 32.7 Å². The molecule has 0 unspecified atom stereocenters. The molecule has 0 aromatic heterocycles. The van der Waals surface area contributed by atoms with Crippen molar-refractivity contribution in [3.63, 3.8) is 0 Å². The monoisotopic (exact) mass is 642 g/mol. The zero-order valence-corrected chi connectivity index (χ0v) is 26.0. The number of halogens is 2. The Balaban J connectivity index is 1.46. The number of nitrogens with one attached hydrogen (secondary N) is 3. The molecule has 0 spiro atoms. The fourth-order valence-corrected chi connectivity index (χ4v) is 5.39. The Labute approximate surface area is 270 Å². The quantitative estimate of drug-likeness (QED) is 0.165. The number of fused-ring (bicyclic) bond motifs is 2. The molecule has 3 N–H and O–H groups in total. The molecule has 4 aromatic carbocycles. The van der Waals surface area contributed by atoms with E-state index < -0.39 is 29.6 Å². The molecule has 9 nitrogen and oxygen atoms in total. The lowest BCUT2D eigenvalue weighted by Gasteiger charge is -2.20. The number of carbonyl (C=O) groups excluding carboxylic acids is 4. The van der Waals surface area contributed by atoms with E-state index in [0.717, 1.165) is 16.8 Å². The van der Waals surface area contributed by atoms with E-state index in [4.69, 9.17) is 16.3 Å². The first-order valence-electron chi connectivity index (χ1n) is 14.8. The third-order valence-corrected chi connectivity index (χ3v) is 7.94. The second-order valence-corrected chi connectivity index (χ2v) is 11.0. The topological polar surface area (TPSA) is 117 Å². The third-order valence-electron chi connectivity index (χ3n) is 7.61. The molecule has 0 aliphatic carbocycles. The average molecular weight is 643 g/mol. The number of hydrogen-bond acceptors (Lipinski definition) is 5. The largest absolute Gasteiger partial charge is 0.455 e. The molecular weight excluding hydrogens is 611 g/mol. The highest BCUT2D eigenvalue weighted by Crippen LogP contribution is 2.38. The fourth-order valence-electron chi connectivity index (χ4n) is 5.16. The highest BCUT2D eigenvalue weighted by Gasteiger charge is 2.30. The minimum absolute atomic E-state index is 0.0809. The van der Waals surface area contributed by atoms with E-state index in [9.17, 15) is 23.6 Å². The first-order valence-corrected chi connectivity index (χ1v) is 15.2. The summed E-state index contributed by atoms with van der Waals surface area (Å²) in [6, 6.07) is 18.9. The highest BCUT2D eigenvalue weighted by atomic mass is 35.5. The van der Waals surface area contributed by atoms with Crippen molar-refractivity contribution in [1.82, 2.24) is 10.2 Å². The van der Waals surface area contributed by atoms with Crippen LogP contribution in [0.2, 0.25) is 5.02 Å². The van der Waals surface area contributed by atoms with Crippen molar-refractivity contribution in [2.24, 2.45) is 0 Å². The van der Waals surface area contributed by atoms with Gasteiger partial charge < -0.3 is 25.6 Å². The fraction of sp³-hybridized carbons (Fsp3) is 0.200. The predicted octanol–water partition coefficient (Wildman–Crippen LogP) is 6.78. The second-order valence-electron chi connectivity index (χ2n) is 10.6. The lowest BCUT2D eigenvalue weighted by Crippen LogP contribution is -2.42. The summed E-state index contributed by atoms with van der Waals surface area (Å²) in [5, 5.41) is 10.1. The summed E-state index contributed by atoms with van der Waals surface area (Å²) in [4.78, 5) is 53.9. The van der Waals surface area contributed by atoms with Gasteiger partial charge in [0.05, 0.1) is 22.0 Å². The van der Waals surface area contributed by atoms with Crippen LogP contribution < -0.4 is 20.7 Å². The molecule has 1 heterocycles. The lowest BCUT2D eigenvalue weighted by atomic mass is 10.1. The van der Waals surface area contributed by atoms with Crippen molar-refractivity contribution in [2.75, 3.05) is 23.7 Å². The summed E-state index contributed by atoms with van der Waals surface area (Å²) in [6.07, 6.45) is 2.85. The van der Waals surface area contributed by atoms with Crippen LogP contribution in [0, 0.1) is 5.82 Å². The molecule has 1 atom stereocenters. The van der Waals surface area contributed by atoms with Crippen LogP contribution in [-0.2, 0) is 14.4 Å². The van der Waals surface area contributed by atoms with Crippen molar-refractivity contribution < 1.29 is 28.3 Å². The van der Waals surface area contributed by atoms with Crippen LogP contribution in [0.25, 0.3) is 16.8 Å². The number of benzene rings is 4. The minimum Gasteiger partial charge on any atom is -0.455 e. The predicted molar refractivity (Wildman–Crippen MR) is 177 cm³/mol. The standard InChI is InChI=1S/C35H32ClFN4O5/c1-3-41(4-2)33(43)17-15-27-35(45)40-28-20-29(38-32(42)16-13-22-12-14-23(37)18-26(22)36)31(19-25(28)34(44)39-27)46-30-11-7-9-21-8-5-6-10-24(21)30/h5-14,16,18-20,27H,3-4,15,17H2,1-2H3,(H,38,42)(H,39,44)(H,40,45)/b16-13-/t27-/m1/s1. The summed E-state index contributed by atoms with van der Waals surface area (Å²) in [5.74, 6) is -1.59. The Kier molecular flexibility index (Phi) is 9.97. The number of carbonyl (C=O) groups is 4. The Bertz CT molecular complexity index is 1850. The Hall–Kier alpha value is -5.22. The van der Waals surface area contributed by atoms with Crippen LogP contribution in [0.1, 0.15) is 42.6 Å². The summed E-state index contributed by atoms with van der Waals surface area (Å²) < 4.78 is 19.8. The summed E-state index contributed by atoms with van der Waals surface area (Å²) in [7, 11) is 0. The molecule has 46 heavy (non-hydrogen) atoms. The van der Waals surface area contributed by atoms with Crippen molar-refractivity contribution in [3.05, 3.63) is 101 Å². The molecule has 0 saturated carbocycles. The molecule has 1 aliphatic rings. The summed E-state index contributed by atoms with van der Waals surface area (Å²) in [5.41, 5.74) is 0.885.